The molecule has 1 aliphatic rings. The number of aliphatic carboxylic acids is 1. The highest BCUT2D eigenvalue weighted by Gasteiger charge is 2.25. The van der Waals surface area contributed by atoms with Crippen molar-refractivity contribution in [3.05, 3.63) is 30.3 Å². The van der Waals surface area contributed by atoms with E-state index in [1.165, 1.54) is 12.3 Å². The zero-order valence-corrected chi connectivity index (χ0v) is 10.8. The third-order valence-corrected chi connectivity index (χ3v) is 3.71. The van der Waals surface area contributed by atoms with Gasteiger partial charge in [0, 0.05) is 25.4 Å². The molecule has 3 heterocycles. The van der Waals surface area contributed by atoms with Gasteiger partial charge in [-0.1, -0.05) is 0 Å². The first-order valence-corrected chi connectivity index (χ1v) is 6.53. The summed E-state index contributed by atoms with van der Waals surface area (Å²) in [6, 6.07) is 3.20. The largest absolute Gasteiger partial charge is 0.481 e. The summed E-state index contributed by atoms with van der Waals surface area (Å²) in [5, 5.41) is 9.01. The fraction of sp³-hybridized carbons (Fsp3) is 0.357. The average Bonchev–Trinajstić information content (AvgIpc) is 2.46. The van der Waals surface area contributed by atoms with Crippen molar-refractivity contribution in [1.29, 1.82) is 0 Å². The highest BCUT2D eigenvalue weighted by atomic mass is 19.1. The summed E-state index contributed by atoms with van der Waals surface area (Å²) in [4.78, 5) is 21.3. The van der Waals surface area contributed by atoms with E-state index in [0.29, 0.717) is 37.0 Å². The molecule has 104 valence electrons. The molecule has 0 spiro atoms. The number of aromatic nitrogens is 2. The van der Waals surface area contributed by atoms with Crippen LogP contribution in [0.4, 0.5) is 10.1 Å². The molecular formula is C14H14FN3O2. The Labute approximate surface area is 115 Å². The molecule has 5 nitrogen and oxygen atoms in total. The topological polar surface area (TPSA) is 66.3 Å². The number of hydrogen-bond donors (Lipinski definition) is 1. The van der Waals surface area contributed by atoms with Gasteiger partial charge < -0.3 is 10.0 Å². The second kappa shape index (κ2) is 5.03. The summed E-state index contributed by atoms with van der Waals surface area (Å²) in [6.07, 6.45) is 4.03. The van der Waals surface area contributed by atoms with Gasteiger partial charge in [0.05, 0.1) is 23.3 Å². The van der Waals surface area contributed by atoms with Gasteiger partial charge in [-0.15, -0.1) is 0 Å². The van der Waals surface area contributed by atoms with Crippen LogP contribution in [0.25, 0.3) is 11.0 Å². The predicted octanol–water partition coefficient (Wildman–Crippen LogP) is 2.07. The highest BCUT2D eigenvalue weighted by molar-refractivity contribution is 5.87. The molecule has 2 aromatic rings. The van der Waals surface area contributed by atoms with Crippen molar-refractivity contribution in [3.63, 3.8) is 0 Å². The Morgan fingerprint density at radius 1 is 1.35 bits per heavy atom. The zero-order chi connectivity index (χ0) is 14.1. The lowest BCUT2D eigenvalue weighted by molar-refractivity contribution is -0.142. The Bertz CT molecular complexity index is 654. The first-order chi connectivity index (χ1) is 9.65. The smallest absolute Gasteiger partial charge is 0.306 e. The number of anilines is 1. The number of piperidine rings is 1. The van der Waals surface area contributed by atoms with Crippen LogP contribution in [-0.4, -0.2) is 34.1 Å². The van der Waals surface area contributed by atoms with Gasteiger partial charge in [-0.05, 0) is 18.9 Å². The summed E-state index contributed by atoms with van der Waals surface area (Å²) in [5.74, 6) is -1.42. The van der Waals surface area contributed by atoms with Crippen LogP contribution in [-0.2, 0) is 4.79 Å². The minimum atomic E-state index is -0.732. The average molecular weight is 275 g/mol. The van der Waals surface area contributed by atoms with Crippen molar-refractivity contribution >= 4 is 22.7 Å². The maximum Gasteiger partial charge on any atom is 0.306 e. The minimum Gasteiger partial charge on any atom is -0.481 e. The third-order valence-electron chi connectivity index (χ3n) is 3.71. The molecule has 3 rings (SSSR count). The molecule has 6 heteroatoms. The van der Waals surface area contributed by atoms with Gasteiger partial charge in [-0.25, -0.2) is 9.37 Å². The number of nitrogens with zero attached hydrogens (tertiary/aromatic N) is 3. The molecule has 1 saturated heterocycles. The van der Waals surface area contributed by atoms with Crippen molar-refractivity contribution in [2.24, 2.45) is 5.92 Å². The van der Waals surface area contributed by atoms with E-state index in [1.807, 2.05) is 6.07 Å². The van der Waals surface area contributed by atoms with Gasteiger partial charge in [-0.3, -0.25) is 9.78 Å². The molecule has 1 N–H and O–H groups in total. The number of hydrogen-bond acceptors (Lipinski definition) is 4. The molecular weight excluding hydrogens is 261 g/mol. The van der Waals surface area contributed by atoms with Gasteiger partial charge >= 0.3 is 5.97 Å². The molecule has 1 aliphatic heterocycles. The van der Waals surface area contributed by atoms with Crippen LogP contribution in [0.3, 0.4) is 0 Å². The van der Waals surface area contributed by atoms with Crippen LogP contribution in [0.1, 0.15) is 12.8 Å². The standard InChI is InChI=1S/C14H14FN3O2/c15-10-7-11-13(17-8-10)12(1-4-16-11)18-5-2-9(3-6-18)14(19)20/h1,4,7-9H,2-3,5-6H2,(H,19,20). The van der Waals surface area contributed by atoms with Crippen molar-refractivity contribution in [2.75, 3.05) is 18.0 Å². The summed E-state index contributed by atoms with van der Waals surface area (Å²) in [7, 11) is 0. The number of carboxylic acids is 1. The normalized spacial score (nSPS) is 16.6. The second-order valence-electron chi connectivity index (χ2n) is 4.95. The van der Waals surface area contributed by atoms with E-state index in [2.05, 4.69) is 14.9 Å². The molecule has 0 unspecified atom stereocenters. The van der Waals surface area contributed by atoms with Crippen LogP contribution in [0, 0.1) is 11.7 Å². The molecule has 1 fully saturated rings. The van der Waals surface area contributed by atoms with E-state index in [1.54, 1.807) is 6.20 Å². The van der Waals surface area contributed by atoms with E-state index in [0.717, 1.165) is 5.69 Å². The Morgan fingerprint density at radius 2 is 2.10 bits per heavy atom. The van der Waals surface area contributed by atoms with Crippen molar-refractivity contribution in [3.8, 4) is 0 Å². The van der Waals surface area contributed by atoms with Gasteiger partial charge in [0.2, 0.25) is 0 Å². The summed E-state index contributed by atoms with van der Waals surface area (Å²) < 4.78 is 13.2. The SMILES string of the molecule is O=C(O)C1CCN(c2ccnc3cc(F)cnc23)CC1. The number of carboxylic acid groups (broad SMARTS) is 1. The van der Waals surface area contributed by atoms with E-state index in [-0.39, 0.29) is 5.92 Å². The van der Waals surface area contributed by atoms with Crippen molar-refractivity contribution < 1.29 is 14.3 Å². The highest BCUT2D eigenvalue weighted by Crippen LogP contribution is 2.28. The molecule has 2 aromatic heterocycles. The maximum atomic E-state index is 13.2. The monoisotopic (exact) mass is 275 g/mol. The fourth-order valence-corrected chi connectivity index (χ4v) is 2.61. The van der Waals surface area contributed by atoms with E-state index in [4.69, 9.17) is 5.11 Å². The van der Waals surface area contributed by atoms with Gasteiger partial charge in [-0.2, -0.15) is 0 Å². The van der Waals surface area contributed by atoms with Crippen LogP contribution >= 0.6 is 0 Å². The van der Waals surface area contributed by atoms with Gasteiger partial charge in [0.1, 0.15) is 11.3 Å². The van der Waals surface area contributed by atoms with Gasteiger partial charge in [0.15, 0.2) is 0 Å². The lowest BCUT2D eigenvalue weighted by Crippen LogP contribution is -2.36. The van der Waals surface area contributed by atoms with Crippen LogP contribution < -0.4 is 4.90 Å². The molecule has 0 atom stereocenters. The Hall–Kier alpha value is -2.24. The number of rotatable bonds is 2. The Balaban J connectivity index is 1.90. The fourth-order valence-electron chi connectivity index (χ4n) is 2.61. The second-order valence-corrected chi connectivity index (χ2v) is 4.95. The number of pyridine rings is 2. The quantitative estimate of drug-likeness (QED) is 0.908. The van der Waals surface area contributed by atoms with Gasteiger partial charge in [0.25, 0.3) is 0 Å². The molecule has 0 saturated carbocycles. The van der Waals surface area contributed by atoms with E-state index in [9.17, 15) is 9.18 Å². The first kappa shape index (κ1) is 12.8. The van der Waals surface area contributed by atoms with Crippen LogP contribution in [0.2, 0.25) is 0 Å². The third kappa shape index (κ3) is 2.29. The summed E-state index contributed by atoms with van der Waals surface area (Å²) >= 11 is 0. The number of halogens is 1. The molecule has 0 amide bonds. The Kier molecular flexibility index (Phi) is 3.22. The molecule has 0 aliphatic carbocycles. The lowest BCUT2D eigenvalue weighted by Gasteiger charge is -2.32. The van der Waals surface area contributed by atoms with Crippen molar-refractivity contribution in [1.82, 2.24) is 9.97 Å². The van der Waals surface area contributed by atoms with E-state index < -0.39 is 11.8 Å². The van der Waals surface area contributed by atoms with Crippen LogP contribution in [0.5, 0.6) is 0 Å². The predicted molar refractivity (Wildman–Crippen MR) is 72.1 cm³/mol. The summed E-state index contributed by atoms with van der Waals surface area (Å²) in [5.41, 5.74) is 2.06. The minimum absolute atomic E-state index is 0.273. The zero-order valence-electron chi connectivity index (χ0n) is 10.8. The van der Waals surface area contributed by atoms with Crippen LogP contribution in [0.15, 0.2) is 24.5 Å². The summed E-state index contributed by atoms with van der Waals surface area (Å²) in [6.45, 7) is 1.32. The molecule has 0 bridgehead atoms. The lowest BCUT2D eigenvalue weighted by atomic mass is 9.96. The molecule has 20 heavy (non-hydrogen) atoms. The van der Waals surface area contributed by atoms with E-state index >= 15 is 0 Å². The Morgan fingerprint density at radius 3 is 2.80 bits per heavy atom. The van der Waals surface area contributed by atoms with Crippen molar-refractivity contribution in [2.45, 2.75) is 12.8 Å². The first-order valence-electron chi connectivity index (χ1n) is 6.53. The number of fused-ring (bicyclic) bond motifs is 1. The molecule has 0 radical (unpaired) electrons. The molecule has 0 aromatic carbocycles. The number of carbonyl (C=O) groups is 1. The maximum absolute atomic E-state index is 13.2.